The summed E-state index contributed by atoms with van der Waals surface area (Å²) in [6, 6.07) is 6.89. The van der Waals surface area contributed by atoms with Crippen molar-refractivity contribution in [3.05, 3.63) is 29.8 Å². The van der Waals surface area contributed by atoms with Crippen molar-refractivity contribution in [2.24, 2.45) is 0 Å². The van der Waals surface area contributed by atoms with E-state index in [9.17, 15) is 8.42 Å². The third kappa shape index (κ3) is 2.78. The van der Waals surface area contributed by atoms with E-state index in [2.05, 4.69) is 11.6 Å². The van der Waals surface area contributed by atoms with Crippen LogP contribution in [0.3, 0.4) is 0 Å². The largest absolute Gasteiger partial charge is 0.240 e. The molecule has 0 bridgehead atoms. The molecule has 0 aromatic heterocycles. The molecule has 0 aliphatic carbocycles. The number of rotatable bonds is 4. The van der Waals surface area contributed by atoms with Gasteiger partial charge in [0.2, 0.25) is 10.0 Å². The summed E-state index contributed by atoms with van der Waals surface area (Å²) in [4.78, 5) is 0.340. The molecular formula is C11H15NO2S2. The van der Waals surface area contributed by atoms with Gasteiger partial charge in [0.25, 0.3) is 0 Å². The number of nitrogens with one attached hydrogen (secondary N) is 1. The SMILES string of the molecule is Cc1ccc(S(=O)(=O)NCC2(C)CS2)cc1. The molecule has 1 unspecified atom stereocenters. The monoisotopic (exact) mass is 257 g/mol. The van der Waals surface area contributed by atoms with Crippen molar-refractivity contribution in [1.29, 1.82) is 0 Å². The summed E-state index contributed by atoms with van der Waals surface area (Å²) in [5, 5.41) is 0. The molecule has 0 amide bonds. The van der Waals surface area contributed by atoms with E-state index in [1.165, 1.54) is 0 Å². The molecule has 0 radical (unpaired) electrons. The van der Waals surface area contributed by atoms with Gasteiger partial charge < -0.3 is 0 Å². The molecule has 1 N–H and O–H groups in total. The standard InChI is InChI=1S/C11H15NO2S2/c1-9-3-5-10(6-4-9)16(13,14)12-7-11(2)8-15-11/h3-6,12H,7-8H2,1-2H3. The molecule has 1 fully saturated rings. The highest BCUT2D eigenvalue weighted by molar-refractivity contribution is 8.07. The van der Waals surface area contributed by atoms with E-state index in [-0.39, 0.29) is 4.75 Å². The number of aryl methyl sites for hydroxylation is 1. The Hall–Kier alpha value is -0.520. The second kappa shape index (κ2) is 4.05. The number of sulfonamides is 1. The van der Waals surface area contributed by atoms with Gasteiger partial charge in [0.05, 0.1) is 4.90 Å². The van der Waals surface area contributed by atoms with Crippen LogP contribution in [-0.4, -0.2) is 25.5 Å². The molecule has 1 aromatic carbocycles. The predicted octanol–water partition coefficient (Wildman–Crippen LogP) is 1.78. The van der Waals surface area contributed by atoms with Gasteiger partial charge in [-0.1, -0.05) is 17.7 Å². The van der Waals surface area contributed by atoms with Crippen molar-refractivity contribution in [2.75, 3.05) is 12.3 Å². The molecule has 5 heteroatoms. The Balaban J connectivity index is 2.09. The van der Waals surface area contributed by atoms with Crippen LogP contribution in [0.4, 0.5) is 0 Å². The minimum Gasteiger partial charge on any atom is -0.210 e. The van der Waals surface area contributed by atoms with Crippen molar-refractivity contribution in [2.45, 2.75) is 23.5 Å². The molecule has 1 aliphatic rings. The van der Waals surface area contributed by atoms with Gasteiger partial charge in [0.15, 0.2) is 0 Å². The normalized spacial score (nSPS) is 24.4. The maximum atomic E-state index is 11.9. The number of benzene rings is 1. The topological polar surface area (TPSA) is 46.2 Å². The Labute approximate surface area is 101 Å². The smallest absolute Gasteiger partial charge is 0.210 e. The summed E-state index contributed by atoms with van der Waals surface area (Å²) >= 11 is 1.78. The minimum absolute atomic E-state index is 0.109. The van der Waals surface area contributed by atoms with Crippen LogP contribution in [0.25, 0.3) is 0 Å². The van der Waals surface area contributed by atoms with E-state index in [1.807, 2.05) is 19.1 Å². The maximum Gasteiger partial charge on any atom is 0.240 e. The first-order chi connectivity index (χ1) is 7.41. The van der Waals surface area contributed by atoms with Crippen LogP contribution in [-0.2, 0) is 10.0 Å². The Kier molecular flexibility index (Phi) is 3.03. The molecule has 88 valence electrons. The van der Waals surface area contributed by atoms with Gasteiger partial charge in [0.1, 0.15) is 0 Å². The summed E-state index contributed by atoms with van der Waals surface area (Å²) in [7, 11) is -3.33. The van der Waals surface area contributed by atoms with E-state index in [4.69, 9.17) is 0 Å². The van der Waals surface area contributed by atoms with Crippen LogP contribution in [0.5, 0.6) is 0 Å². The molecule has 1 atom stereocenters. The van der Waals surface area contributed by atoms with E-state index < -0.39 is 10.0 Å². The van der Waals surface area contributed by atoms with E-state index in [0.29, 0.717) is 11.4 Å². The fraction of sp³-hybridized carbons (Fsp3) is 0.455. The van der Waals surface area contributed by atoms with E-state index >= 15 is 0 Å². The first kappa shape index (κ1) is 12.0. The number of hydrogen-bond acceptors (Lipinski definition) is 3. The first-order valence-electron chi connectivity index (χ1n) is 5.12. The summed E-state index contributed by atoms with van der Waals surface area (Å²) < 4.78 is 26.6. The molecule has 16 heavy (non-hydrogen) atoms. The van der Waals surface area contributed by atoms with Crippen molar-refractivity contribution >= 4 is 21.8 Å². The zero-order valence-electron chi connectivity index (χ0n) is 9.36. The predicted molar refractivity (Wildman–Crippen MR) is 67.2 cm³/mol. The summed E-state index contributed by atoms with van der Waals surface area (Å²) in [5.74, 6) is 1.03. The van der Waals surface area contributed by atoms with Gasteiger partial charge >= 0.3 is 0 Å². The molecule has 0 spiro atoms. The van der Waals surface area contributed by atoms with Crippen LogP contribution < -0.4 is 4.72 Å². The highest BCUT2D eigenvalue weighted by Gasteiger charge is 2.39. The Morgan fingerprint density at radius 3 is 2.44 bits per heavy atom. The molecule has 1 aliphatic heterocycles. The summed E-state index contributed by atoms with van der Waals surface area (Å²) in [6.45, 7) is 4.51. The third-order valence-electron chi connectivity index (χ3n) is 2.60. The van der Waals surface area contributed by atoms with Crippen LogP contribution in [0.15, 0.2) is 29.2 Å². The number of thioether (sulfide) groups is 1. The van der Waals surface area contributed by atoms with Crippen molar-refractivity contribution in [3.8, 4) is 0 Å². The zero-order chi connectivity index (χ0) is 11.8. The van der Waals surface area contributed by atoms with Gasteiger partial charge in [-0.05, 0) is 26.0 Å². The summed E-state index contributed by atoms with van der Waals surface area (Å²) in [6.07, 6.45) is 0. The zero-order valence-corrected chi connectivity index (χ0v) is 11.0. The van der Waals surface area contributed by atoms with E-state index in [1.54, 1.807) is 23.9 Å². The van der Waals surface area contributed by atoms with Gasteiger partial charge in [-0.25, -0.2) is 13.1 Å². The van der Waals surface area contributed by atoms with Crippen molar-refractivity contribution < 1.29 is 8.42 Å². The van der Waals surface area contributed by atoms with Crippen LogP contribution in [0.2, 0.25) is 0 Å². The molecule has 1 heterocycles. The fourth-order valence-corrected chi connectivity index (χ4v) is 3.06. The van der Waals surface area contributed by atoms with Crippen LogP contribution in [0, 0.1) is 6.92 Å². The first-order valence-corrected chi connectivity index (χ1v) is 7.59. The second-order valence-electron chi connectivity index (χ2n) is 4.38. The lowest BCUT2D eigenvalue weighted by Gasteiger charge is -2.09. The lowest BCUT2D eigenvalue weighted by molar-refractivity contribution is 0.576. The maximum absolute atomic E-state index is 11.9. The molecule has 1 saturated heterocycles. The molecule has 3 nitrogen and oxygen atoms in total. The van der Waals surface area contributed by atoms with Gasteiger partial charge in [0, 0.05) is 17.0 Å². The Morgan fingerprint density at radius 2 is 1.94 bits per heavy atom. The average molecular weight is 257 g/mol. The Morgan fingerprint density at radius 1 is 1.38 bits per heavy atom. The lowest BCUT2D eigenvalue weighted by Crippen LogP contribution is -2.31. The molecular weight excluding hydrogens is 242 g/mol. The highest BCUT2D eigenvalue weighted by atomic mass is 32.2. The van der Waals surface area contributed by atoms with Gasteiger partial charge in [-0.15, -0.1) is 0 Å². The minimum atomic E-state index is -3.33. The Bertz CT molecular complexity index is 475. The molecule has 2 rings (SSSR count). The summed E-state index contributed by atoms with van der Waals surface area (Å²) in [5.41, 5.74) is 1.06. The van der Waals surface area contributed by atoms with Crippen molar-refractivity contribution in [1.82, 2.24) is 4.72 Å². The van der Waals surface area contributed by atoms with Crippen molar-refractivity contribution in [3.63, 3.8) is 0 Å². The molecule has 0 saturated carbocycles. The van der Waals surface area contributed by atoms with Gasteiger partial charge in [-0.2, -0.15) is 11.8 Å². The third-order valence-corrected chi connectivity index (χ3v) is 5.44. The number of hydrogen-bond donors (Lipinski definition) is 1. The van der Waals surface area contributed by atoms with Gasteiger partial charge in [-0.3, -0.25) is 0 Å². The average Bonchev–Trinajstić information content (AvgIpc) is 2.96. The van der Waals surface area contributed by atoms with E-state index in [0.717, 1.165) is 11.3 Å². The second-order valence-corrected chi connectivity index (χ2v) is 7.71. The fourth-order valence-electron chi connectivity index (χ4n) is 1.27. The van der Waals surface area contributed by atoms with Crippen LogP contribution >= 0.6 is 11.8 Å². The molecule has 1 aromatic rings. The highest BCUT2D eigenvalue weighted by Crippen LogP contribution is 2.43. The lowest BCUT2D eigenvalue weighted by atomic mass is 10.2. The quantitative estimate of drug-likeness (QED) is 0.836. The van der Waals surface area contributed by atoms with Crippen LogP contribution in [0.1, 0.15) is 12.5 Å².